The number of nitriles is 1. The Hall–Kier alpha value is -3.72. The van der Waals surface area contributed by atoms with Gasteiger partial charge in [0.2, 0.25) is 5.75 Å². The van der Waals surface area contributed by atoms with Gasteiger partial charge in [-0.05, 0) is 36.8 Å². The maximum absolute atomic E-state index is 9.66. The molecule has 0 fully saturated rings. The number of ether oxygens (including phenoxy) is 3. The third-order valence-electron chi connectivity index (χ3n) is 4.45. The predicted molar refractivity (Wildman–Crippen MR) is 109 cm³/mol. The lowest BCUT2D eigenvalue weighted by Crippen LogP contribution is -2.01. The fraction of sp³-hybridized carbons (Fsp3) is 0.182. The number of anilines is 1. The van der Waals surface area contributed by atoms with Crippen molar-refractivity contribution in [2.45, 2.75) is 6.92 Å². The Morgan fingerprint density at radius 1 is 0.929 bits per heavy atom. The number of nitrogens with zero attached hydrogens (tertiary/aromatic N) is 2. The molecule has 2 N–H and O–H groups in total. The van der Waals surface area contributed by atoms with E-state index in [0.717, 1.165) is 11.1 Å². The Morgan fingerprint density at radius 2 is 1.61 bits per heavy atom. The van der Waals surface area contributed by atoms with Gasteiger partial charge in [0, 0.05) is 11.1 Å². The molecule has 0 aliphatic carbocycles. The molecule has 1 aromatic heterocycles. The van der Waals surface area contributed by atoms with Crippen LogP contribution in [0.4, 0.5) is 5.82 Å². The molecule has 6 nitrogen and oxygen atoms in total. The average molecular weight is 375 g/mol. The fourth-order valence-corrected chi connectivity index (χ4v) is 3.10. The first-order valence-electron chi connectivity index (χ1n) is 8.60. The summed E-state index contributed by atoms with van der Waals surface area (Å²) in [6.07, 6.45) is 0. The van der Waals surface area contributed by atoms with Gasteiger partial charge in [0.15, 0.2) is 11.5 Å². The minimum atomic E-state index is 0.172. The summed E-state index contributed by atoms with van der Waals surface area (Å²) in [6, 6.07) is 15.5. The van der Waals surface area contributed by atoms with Crippen molar-refractivity contribution in [1.82, 2.24) is 4.98 Å². The molecule has 0 radical (unpaired) electrons. The number of hydrogen-bond acceptors (Lipinski definition) is 6. The van der Waals surface area contributed by atoms with E-state index in [0.29, 0.717) is 39.6 Å². The summed E-state index contributed by atoms with van der Waals surface area (Å²) in [5.74, 6) is 1.64. The van der Waals surface area contributed by atoms with Crippen molar-refractivity contribution < 1.29 is 14.2 Å². The van der Waals surface area contributed by atoms with Crippen LogP contribution in [-0.2, 0) is 0 Å². The van der Waals surface area contributed by atoms with Crippen molar-refractivity contribution in [2.24, 2.45) is 0 Å². The first-order valence-corrected chi connectivity index (χ1v) is 8.60. The minimum absolute atomic E-state index is 0.172. The summed E-state index contributed by atoms with van der Waals surface area (Å²) in [7, 11) is 4.64. The van der Waals surface area contributed by atoms with Gasteiger partial charge in [-0.2, -0.15) is 5.26 Å². The Morgan fingerprint density at radius 3 is 2.14 bits per heavy atom. The van der Waals surface area contributed by atoms with Crippen molar-refractivity contribution in [2.75, 3.05) is 27.1 Å². The molecule has 0 unspecified atom stereocenters. The van der Waals surface area contributed by atoms with Gasteiger partial charge in [0.25, 0.3) is 0 Å². The van der Waals surface area contributed by atoms with Gasteiger partial charge in [0.05, 0.1) is 27.0 Å². The third kappa shape index (κ3) is 3.42. The van der Waals surface area contributed by atoms with E-state index >= 15 is 0 Å². The average Bonchev–Trinajstić information content (AvgIpc) is 2.71. The van der Waals surface area contributed by atoms with Crippen LogP contribution in [0.5, 0.6) is 17.2 Å². The van der Waals surface area contributed by atoms with Gasteiger partial charge in [0.1, 0.15) is 17.5 Å². The van der Waals surface area contributed by atoms with Crippen molar-refractivity contribution in [1.29, 1.82) is 5.26 Å². The van der Waals surface area contributed by atoms with Crippen LogP contribution in [0.25, 0.3) is 22.4 Å². The van der Waals surface area contributed by atoms with Crippen LogP contribution in [0.1, 0.15) is 11.1 Å². The number of pyridine rings is 1. The standard InChI is InChI=1S/C22H21N3O3/c1-13-6-5-7-14(8-13)18-11-16(17(12-23)22(24)25-18)15-9-19(26-2)21(28-4)20(10-15)27-3/h5-11H,1-4H3,(H2,24,25). The highest BCUT2D eigenvalue weighted by Crippen LogP contribution is 2.42. The van der Waals surface area contributed by atoms with Crippen molar-refractivity contribution >= 4 is 5.82 Å². The number of nitrogens with two attached hydrogens (primary N) is 1. The van der Waals surface area contributed by atoms with Crippen LogP contribution in [0.15, 0.2) is 42.5 Å². The van der Waals surface area contributed by atoms with E-state index in [4.69, 9.17) is 19.9 Å². The molecule has 0 saturated heterocycles. The zero-order valence-corrected chi connectivity index (χ0v) is 16.2. The van der Waals surface area contributed by atoms with Crippen molar-refractivity contribution in [3.8, 4) is 45.7 Å². The molecule has 0 bridgehead atoms. The summed E-state index contributed by atoms with van der Waals surface area (Å²) in [4.78, 5) is 4.43. The highest BCUT2D eigenvalue weighted by atomic mass is 16.5. The van der Waals surface area contributed by atoms with Gasteiger partial charge < -0.3 is 19.9 Å². The lowest BCUT2D eigenvalue weighted by molar-refractivity contribution is 0.324. The zero-order valence-electron chi connectivity index (χ0n) is 16.2. The van der Waals surface area contributed by atoms with E-state index < -0.39 is 0 Å². The number of benzene rings is 2. The van der Waals surface area contributed by atoms with Crippen LogP contribution in [-0.4, -0.2) is 26.3 Å². The number of methoxy groups -OCH3 is 3. The van der Waals surface area contributed by atoms with E-state index in [1.54, 1.807) is 33.5 Å². The molecular weight excluding hydrogens is 354 g/mol. The Balaban J connectivity index is 2.28. The van der Waals surface area contributed by atoms with E-state index in [-0.39, 0.29) is 5.82 Å². The van der Waals surface area contributed by atoms with Gasteiger partial charge in [-0.1, -0.05) is 23.8 Å². The van der Waals surface area contributed by atoms with Crippen molar-refractivity contribution in [3.63, 3.8) is 0 Å². The lowest BCUT2D eigenvalue weighted by Gasteiger charge is -2.16. The first kappa shape index (κ1) is 19.1. The van der Waals surface area contributed by atoms with E-state index in [2.05, 4.69) is 11.1 Å². The van der Waals surface area contributed by atoms with Gasteiger partial charge >= 0.3 is 0 Å². The quantitative estimate of drug-likeness (QED) is 0.719. The molecule has 0 amide bonds. The summed E-state index contributed by atoms with van der Waals surface area (Å²) < 4.78 is 16.3. The molecule has 0 atom stereocenters. The summed E-state index contributed by atoms with van der Waals surface area (Å²) in [6.45, 7) is 2.01. The summed E-state index contributed by atoms with van der Waals surface area (Å²) in [5.41, 5.74) is 10.5. The second kappa shape index (κ2) is 7.89. The molecular formula is C22H21N3O3. The fourth-order valence-electron chi connectivity index (χ4n) is 3.10. The number of nitrogen functional groups attached to an aromatic ring is 1. The topological polar surface area (TPSA) is 90.4 Å². The van der Waals surface area contributed by atoms with Crippen LogP contribution in [0.3, 0.4) is 0 Å². The number of hydrogen-bond donors (Lipinski definition) is 1. The van der Waals surface area contributed by atoms with Gasteiger partial charge in [-0.3, -0.25) is 0 Å². The largest absolute Gasteiger partial charge is 0.493 e. The summed E-state index contributed by atoms with van der Waals surface area (Å²) >= 11 is 0. The second-order valence-corrected chi connectivity index (χ2v) is 6.21. The molecule has 3 rings (SSSR count). The van der Waals surface area contributed by atoms with E-state index in [9.17, 15) is 5.26 Å². The second-order valence-electron chi connectivity index (χ2n) is 6.21. The van der Waals surface area contributed by atoms with Gasteiger partial charge in [-0.25, -0.2) is 4.98 Å². The number of aryl methyl sites for hydroxylation is 1. The molecule has 3 aromatic rings. The van der Waals surface area contributed by atoms with Crippen LogP contribution >= 0.6 is 0 Å². The molecule has 6 heteroatoms. The molecule has 0 spiro atoms. The molecule has 0 aliphatic heterocycles. The minimum Gasteiger partial charge on any atom is -0.493 e. The van der Waals surface area contributed by atoms with E-state index in [1.165, 1.54) is 0 Å². The zero-order chi connectivity index (χ0) is 20.3. The first-order chi connectivity index (χ1) is 13.5. The van der Waals surface area contributed by atoms with Crippen LogP contribution in [0, 0.1) is 18.3 Å². The SMILES string of the molecule is COc1cc(-c2cc(-c3cccc(C)c3)nc(N)c2C#N)cc(OC)c1OC. The number of rotatable bonds is 5. The van der Waals surface area contributed by atoms with Crippen LogP contribution in [0.2, 0.25) is 0 Å². The highest BCUT2D eigenvalue weighted by Gasteiger charge is 2.19. The molecule has 2 aromatic carbocycles. The van der Waals surface area contributed by atoms with Gasteiger partial charge in [-0.15, -0.1) is 0 Å². The monoisotopic (exact) mass is 375 g/mol. The maximum atomic E-state index is 9.66. The van der Waals surface area contributed by atoms with Crippen molar-refractivity contribution in [3.05, 3.63) is 53.6 Å². The van der Waals surface area contributed by atoms with E-state index in [1.807, 2.05) is 37.3 Å². The third-order valence-corrected chi connectivity index (χ3v) is 4.45. The highest BCUT2D eigenvalue weighted by molar-refractivity contribution is 5.82. The Bertz CT molecular complexity index is 1050. The molecule has 1 heterocycles. The smallest absolute Gasteiger partial charge is 0.203 e. The normalized spacial score (nSPS) is 10.2. The maximum Gasteiger partial charge on any atom is 0.203 e. The molecule has 0 aliphatic rings. The lowest BCUT2D eigenvalue weighted by atomic mass is 9.97. The Kier molecular flexibility index (Phi) is 5.37. The predicted octanol–water partition coefficient (Wildman–Crippen LogP) is 4.20. The molecule has 142 valence electrons. The summed E-state index contributed by atoms with van der Waals surface area (Å²) in [5, 5.41) is 9.66. The molecule has 0 saturated carbocycles. The number of aromatic nitrogens is 1. The van der Waals surface area contributed by atoms with Crippen LogP contribution < -0.4 is 19.9 Å². The molecule has 28 heavy (non-hydrogen) atoms. The Labute approximate surface area is 164 Å².